The molecule has 1 N–H and O–H groups in total. The molecule has 0 aromatic carbocycles. The van der Waals surface area contributed by atoms with Crippen LogP contribution in [0.4, 0.5) is 0 Å². The number of hydrogen-bond acceptors (Lipinski definition) is 2. The van der Waals surface area contributed by atoms with Gasteiger partial charge in [0.1, 0.15) is 0 Å². The maximum absolute atomic E-state index is 4.53. The smallest absolute Gasteiger partial charge is 0.0467 e. The largest absolute Gasteiger partial charge is 0.316 e. The lowest BCUT2D eigenvalue weighted by molar-refractivity contribution is 0.510. The molecule has 1 aliphatic carbocycles. The lowest BCUT2D eigenvalue weighted by atomic mass is 10.0. The maximum atomic E-state index is 4.53. The Morgan fingerprint density at radius 2 is 2.38 bits per heavy atom. The molecule has 1 atom stereocenters. The van der Waals surface area contributed by atoms with E-state index >= 15 is 0 Å². The van der Waals surface area contributed by atoms with Crippen molar-refractivity contribution in [3.05, 3.63) is 29.6 Å². The molecule has 0 bridgehead atoms. The van der Waals surface area contributed by atoms with Crippen LogP contribution in [0.25, 0.3) is 0 Å². The van der Waals surface area contributed by atoms with Crippen molar-refractivity contribution in [1.29, 1.82) is 0 Å². The summed E-state index contributed by atoms with van der Waals surface area (Å²) in [6.45, 7) is 6.75. The highest BCUT2D eigenvalue weighted by Crippen LogP contribution is 2.33. The van der Waals surface area contributed by atoms with Crippen LogP contribution in [0.1, 0.15) is 43.9 Å². The Bertz CT molecular complexity index is 333. The van der Waals surface area contributed by atoms with E-state index in [-0.39, 0.29) is 0 Å². The van der Waals surface area contributed by atoms with E-state index in [1.807, 2.05) is 6.20 Å². The van der Waals surface area contributed by atoms with Crippen molar-refractivity contribution < 1.29 is 0 Å². The van der Waals surface area contributed by atoms with E-state index < -0.39 is 0 Å². The highest BCUT2D eigenvalue weighted by atomic mass is 14.9. The first kappa shape index (κ1) is 11.6. The van der Waals surface area contributed by atoms with Crippen molar-refractivity contribution in [3.8, 4) is 0 Å². The molecule has 1 aliphatic rings. The summed E-state index contributed by atoms with van der Waals surface area (Å²) >= 11 is 0. The SMILES string of the molecule is CC(C)CNCCC1CCc2cccnc21. The number of aryl methyl sites for hydroxylation is 1. The number of fused-ring (bicyclic) bond motifs is 1. The first-order valence-corrected chi connectivity index (χ1v) is 6.42. The Hall–Kier alpha value is -0.890. The molecule has 0 fully saturated rings. The summed E-state index contributed by atoms with van der Waals surface area (Å²) in [7, 11) is 0. The number of nitrogens with one attached hydrogen (secondary N) is 1. The summed E-state index contributed by atoms with van der Waals surface area (Å²) in [6.07, 6.45) is 5.67. The van der Waals surface area contributed by atoms with Gasteiger partial charge < -0.3 is 5.32 Å². The van der Waals surface area contributed by atoms with Crippen LogP contribution in [0, 0.1) is 5.92 Å². The normalized spacial score (nSPS) is 19.1. The van der Waals surface area contributed by atoms with E-state index in [1.165, 1.54) is 30.5 Å². The van der Waals surface area contributed by atoms with E-state index in [0.29, 0.717) is 5.92 Å². The molecule has 0 radical (unpaired) electrons. The van der Waals surface area contributed by atoms with E-state index in [2.05, 4.69) is 36.3 Å². The van der Waals surface area contributed by atoms with Crippen molar-refractivity contribution in [3.63, 3.8) is 0 Å². The quantitative estimate of drug-likeness (QED) is 0.769. The third-order valence-electron chi connectivity index (χ3n) is 3.30. The second kappa shape index (κ2) is 5.44. The Morgan fingerprint density at radius 1 is 1.50 bits per heavy atom. The summed E-state index contributed by atoms with van der Waals surface area (Å²) in [5.74, 6) is 1.44. The van der Waals surface area contributed by atoms with Gasteiger partial charge in [-0.05, 0) is 49.9 Å². The maximum Gasteiger partial charge on any atom is 0.0467 e. The minimum absolute atomic E-state index is 0.691. The van der Waals surface area contributed by atoms with Crippen LogP contribution >= 0.6 is 0 Å². The molecule has 1 aromatic heterocycles. The predicted molar refractivity (Wildman–Crippen MR) is 67.6 cm³/mol. The van der Waals surface area contributed by atoms with Crippen LogP contribution in [0.3, 0.4) is 0 Å². The Labute approximate surface area is 98.5 Å². The number of nitrogens with zero attached hydrogens (tertiary/aromatic N) is 1. The molecule has 0 spiro atoms. The van der Waals surface area contributed by atoms with E-state index in [4.69, 9.17) is 0 Å². The molecule has 0 aliphatic heterocycles. The number of rotatable bonds is 5. The van der Waals surface area contributed by atoms with Gasteiger partial charge in [0.2, 0.25) is 0 Å². The fraction of sp³-hybridized carbons (Fsp3) is 0.643. The molecule has 1 heterocycles. The minimum Gasteiger partial charge on any atom is -0.316 e. The van der Waals surface area contributed by atoms with Crippen LogP contribution in [0.2, 0.25) is 0 Å². The number of aromatic nitrogens is 1. The highest BCUT2D eigenvalue weighted by Gasteiger charge is 2.22. The molecule has 16 heavy (non-hydrogen) atoms. The highest BCUT2D eigenvalue weighted by molar-refractivity contribution is 5.28. The van der Waals surface area contributed by atoms with Gasteiger partial charge in [-0.2, -0.15) is 0 Å². The van der Waals surface area contributed by atoms with Gasteiger partial charge in [-0.25, -0.2) is 0 Å². The molecular formula is C14H22N2. The van der Waals surface area contributed by atoms with Gasteiger partial charge >= 0.3 is 0 Å². The fourth-order valence-corrected chi connectivity index (χ4v) is 2.44. The minimum atomic E-state index is 0.691. The Kier molecular flexibility index (Phi) is 3.94. The zero-order valence-corrected chi connectivity index (χ0v) is 10.4. The molecule has 2 nitrogen and oxygen atoms in total. The van der Waals surface area contributed by atoms with Gasteiger partial charge in [0.25, 0.3) is 0 Å². The molecule has 0 amide bonds. The van der Waals surface area contributed by atoms with Crippen LogP contribution in [-0.2, 0) is 6.42 Å². The fourth-order valence-electron chi connectivity index (χ4n) is 2.44. The number of hydrogen-bond donors (Lipinski definition) is 1. The lowest BCUT2D eigenvalue weighted by Gasteiger charge is -2.12. The predicted octanol–water partition coefficient (Wildman–Crippen LogP) is 2.75. The Morgan fingerprint density at radius 3 is 3.19 bits per heavy atom. The van der Waals surface area contributed by atoms with Gasteiger partial charge in [-0.3, -0.25) is 4.98 Å². The lowest BCUT2D eigenvalue weighted by Crippen LogP contribution is -2.22. The molecule has 1 unspecified atom stereocenters. The summed E-state index contributed by atoms with van der Waals surface area (Å²) in [4.78, 5) is 4.53. The second-order valence-electron chi connectivity index (χ2n) is 5.17. The van der Waals surface area contributed by atoms with Gasteiger partial charge in [0, 0.05) is 17.8 Å². The third kappa shape index (κ3) is 2.82. The van der Waals surface area contributed by atoms with E-state index in [9.17, 15) is 0 Å². The molecule has 0 saturated carbocycles. The standard InChI is InChI=1S/C14H22N2/c1-11(2)10-15-9-7-13-6-5-12-4-3-8-16-14(12)13/h3-4,8,11,13,15H,5-7,9-10H2,1-2H3. The summed E-state index contributed by atoms with van der Waals surface area (Å²) < 4.78 is 0. The van der Waals surface area contributed by atoms with Gasteiger partial charge in [-0.15, -0.1) is 0 Å². The van der Waals surface area contributed by atoms with Crippen molar-refractivity contribution in [2.24, 2.45) is 5.92 Å². The number of pyridine rings is 1. The van der Waals surface area contributed by atoms with Crippen molar-refractivity contribution in [2.45, 2.75) is 39.0 Å². The van der Waals surface area contributed by atoms with E-state index in [0.717, 1.165) is 19.0 Å². The second-order valence-corrected chi connectivity index (χ2v) is 5.17. The van der Waals surface area contributed by atoms with E-state index in [1.54, 1.807) is 0 Å². The third-order valence-corrected chi connectivity index (χ3v) is 3.30. The molecule has 1 aromatic rings. The van der Waals surface area contributed by atoms with Crippen molar-refractivity contribution >= 4 is 0 Å². The first-order valence-electron chi connectivity index (χ1n) is 6.42. The topological polar surface area (TPSA) is 24.9 Å². The van der Waals surface area contributed by atoms with Crippen molar-refractivity contribution in [1.82, 2.24) is 10.3 Å². The summed E-state index contributed by atoms with van der Waals surface area (Å²) in [5.41, 5.74) is 2.82. The van der Waals surface area contributed by atoms with Crippen LogP contribution in [0.5, 0.6) is 0 Å². The average Bonchev–Trinajstić information content (AvgIpc) is 2.68. The van der Waals surface area contributed by atoms with Gasteiger partial charge in [0.15, 0.2) is 0 Å². The Balaban J connectivity index is 1.80. The van der Waals surface area contributed by atoms with Gasteiger partial charge in [0.05, 0.1) is 0 Å². The molecular weight excluding hydrogens is 196 g/mol. The zero-order chi connectivity index (χ0) is 11.4. The average molecular weight is 218 g/mol. The first-order chi connectivity index (χ1) is 7.77. The summed E-state index contributed by atoms with van der Waals surface area (Å²) in [6, 6.07) is 4.28. The van der Waals surface area contributed by atoms with Crippen molar-refractivity contribution in [2.75, 3.05) is 13.1 Å². The zero-order valence-electron chi connectivity index (χ0n) is 10.4. The molecule has 2 heteroatoms. The molecule has 0 saturated heterocycles. The molecule has 88 valence electrons. The van der Waals surface area contributed by atoms with Crippen LogP contribution in [-0.4, -0.2) is 18.1 Å². The molecule has 2 rings (SSSR count). The van der Waals surface area contributed by atoms with Gasteiger partial charge in [-0.1, -0.05) is 19.9 Å². The van der Waals surface area contributed by atoms with Crippen LogP contribution < -0.4 is 5.32 Å². The summed E-state index contributed by atoms with van der Waals surface area (Å²) in [5, 5.41) is 3.51. The monoisotopic (exact) mass is 218 g/mol. The van der Waals surface area contributed by atoms with Crippen LogP contribution in [0.15, 0.2) is 18.3 Å².